The number of ether oxygens (including phenoxy) is 1. The van der Waals surface area contributed by atoms with Crippen LogP contribution < -0.4 is 5.73 Å². The molecule has 2 N–H and O–H groups in total. The standard InChI is InChI=1S/C13H19NOS/c1-13(2,14)9-15-8-11-7-10-5-3-4-6-12(10)16-11/h3-6,11H,7-9,14H2,1-2H3. The molecule has 1 unspecified atom stereocenters. The van der Waals surface area contributed by atoms with Gasteiger partial charge in [0.05, 0.1) is 13.2 Å². The van der Waals surface area contributed by atoms with Gasteiger partial charge < -0.3 is 10.5 Å². The fourth-order valence-corrected chi connectivity index (χ4v) is 3.05. The summed E-state index contributed by atoms with van der Waals surface area (Å²) in [6.45, 7) is 5.40. The number of nitrogens with two attached hydrogens (primary N) is 1. The second kappa shape index (κ2) is 4.78. The van der Waals surface area contributed by atoms with Crippen molar-refractivity contribution in [2.75, 3.05) is 13.2 Å². The van der Waals surface area contributed by atoms with Crippen molar-refractivity contribution in [2.24, 2.45) is 5.73 Å². The monoisotopic (exact) mass is 237 g/mol. The topological polar surface area (TPSA) is 35.2 Å². The first-order valence-electron chi connectivity index (χ1n) is 5.66. The zero-order valence-electron chi connectivity index (χ0n) is 9.90. The molecule has 1 aromatic rings. The Morgan fingerprint density at radius 1 is 1.44 bits per heavy atom. The van der Waals surface area contributed by atoms with Crippen LogP contribution in [0.1, 0.15) is 19.4 Å². The van der Waals surface area contributed by atoms with E-state index in [1.165, 1.54) is 10.5 Å². The van der Waals surface area contributed by atoms with Crippen LogP contribution >= 0.6 is 11.8 Å². The summed E-state index contributed by atoms with van der Waals surface area (Å²) < 4.78 is 5.67. The predicted molar refractivity (Wildman–Crippen MR) is 68.9 cm³/mol. The zero-order chi connectivity index (χ0) is 11.6. The molecular weight excluding hydrogens is 218 g/mol. The lowest BCUT2D eigenvalue weighted by Gasteiger charge is -2.19. The van der Waals surface area contributed by atoms with Gasteiger partial charge in [0.15, 0.2) is 0 Å². The van der Waals surface area contributed by atoms with Crippen LogP contribution in [0, 0.1) is 0 Å². The molecule has 0 fully saturated rings. The molecule has 0 saturated heterocycles. The molecule has 1 atom stereocenters. The Hall–Kier alpha value is -0.510. The largest absolute Gasteiger partial charge is 0.378 e. The van der Waals surface area contributed by atoms with E-state index >= 15 is 0 Å². The van der Waals surface area contributed by atoms with Gasteiger partial charge in [-0.3, -0.25) is 0 Å². The van der Waals surface area contributed by atoms with Gasteiger partial charge in [-0.15, -0.1) is 11.8 Å². The van der Waals surface area contributed by atoms with Crippen molar-refractivity contribution in [1.29, 1.82) is 0 Å². The fraction of sp³-hybridized carbons (Fsp3) is 0.538. The number of benzene rings is 1. The van der Waals surface area contributed by atoms with Crippen molar-refractivity contribution in [3.63, 3.8) is 0 Å². The molecule has 0 radical (unpaired) electrons. The van der Waals surface area contributed by atoms with E-state index < -0.39 is 0 Å². The molecule has 2 rings (SSSR count). The van der Waals surface area contributed by atoms with Crippen LogP contribution in [0.25, 0.3) is 0 Å². The Bertz CT molecular complexity index is 334. The molecule has 1 aliphatic heterocycles. The lowest BCUT2D eigenvalue weighted by molar-refractivity contribution is 0.0987. The van der Waals surface area contributed by atoms with Gasteiger partial charge in [0.25, 0.3) is 0 Å². The molecule has 1 heterocycles. The van der Waals surface area contributed by atoms with Gasteiger partial charge in [-0.1, -0.05) is 18.2 Å². The highest BCUT2D eigenvalue weighted by Gasteiger charge is 2.22. The van der Waals surface area contributed by atoms with Crippen molar-refractivity contribution in [2.45, 2.75) is 36.0 Å². The summed E-state index contributed by atoms with van der Waals surface area (Å²) in [6.07, 6.45) is 1.12. The average molecular weight is 237 g/mol. The van der Waals surface area contributed by atoms with Gasteiger partial charge in [0.1, 0.15) is 0 Å². The van der Waals surface area contributed by atoms with E-state index in [1.807, 2.05) is 25.6 Å². The lowest BCUT2D eigenvalue weighted by atomic mass is 10.1. The van der Waals surface area contributed by atoms with E-state index in [2.05, 4.69) is 24.3 Å². The molecule has 3 heteroatoms. The minimum atomic E-state index is -0.226. The number of rotatable bonds is 4. The SMILES string of the molecule is CC(C)(N)COCC1Cc2ccccc2S1. The summed E-state index contributed by atoms with van der Waals surface area (Å²) in [5.41, 5.74) is 7.10. The normalized spacial score (nSPS) is 19.8. The molecule has 1 aromatic carbocycles. The first-order valence-corrected chi connectivity index (χ1v) is 6.54. The maximum atomic E-state index is 5.87. The third-order valence-corrected chi connectivity index (χ3v) is 3.78. The summed E-state index contributed by atoms with van der Waals surface area (Å²) in [7, 11) is 0. The second-order valence-electron chi connectivity index (χ2n) is 5.06. The van der Waals surface area contributed by atoms with Gasteiger partial charge >= 0.3 is 0 Å². The Morgan fingerprint density at radius 3 is 2.88 bits per heavy atom. The summed E-state index contributed by atoms with van der Waals surface area (Å²) in [5, 5.41) is 0.555. The molecule has 0 amide bonds. The third kappa shape index (κ3) is 3.24. The van der Waals surface area contributed by atoms with Gasteiger partial charge in [-0.2, -0.15) is 0 Å². The second-order valence-corrected chi connectivity index (χ2v) is 6.40. The fourth-order valence-electron chi connectivity index (χ4n) is 1.80. The Labute approximate surface area is 102 Å². The predicted octanol–water partition coefficient (Wildman–Crippen LogP) is 2.46. The maximum Gasteiger partial charge on any atom is 0.0641 e. The number of hydrogen-bond donors (Lipinski definition) is 1. The molecule has 88 valence electrons. The highest BCUT2D eigenvalue weighted by atomic mass is 32.2. The summed E-state index contributed by atoms with van der Waals surface area (Å²) in [5.74, 6) is 0. The van der Waals surface area contributed by atoms with E-state index in [0.29, 0.717) is 11.9 Å². The molecule has 2 nitrogen and oxygen atoms in total. The van der Waals surface area contributed by atoms with Crippen molar-refractivity contribution in [3.05, 3.63) is 29.8 Å². The Balaban J connectivity index is 1.79. The maximum absolute atomic E-state index is 5.87. The van der Waals surface area contributed by atoms with Crippen molar-refractivity contribution >= 4 is 11.8 Å². The number of hydrogen-bond acceptors (Lipinski definition) is 3. The molecule has 0 bridgehead atoms. The zero-order valence-corrected chi connectivity index (χ0v) is 10.7. The van der Waals surface area contributed by atoms with Crippen LogP contribution in [-0.4, -0.2) is 24.0 Å². The van der Waals surface area contributed by atoms with Crippen LogP contribution in [0.5, 0.6) is 0 Å². The van der Waals surface area contributed by atoms with Gasteiger partial charge in [0.2, 0.25) is 0 Å². The van der Waals surface area contributed by atoms with Crippen LogP contribution in [0.3, 0.4) is 0 Å². The van der Waals surface area contributed by atoms with Crippen molar-refractivity contribution < 1.29 is 4.74 Å². The van der Waals surface area contributed by atoms with E-state index in [4.69, 9.17) is 10.5 Å². The summed E-state index contributed by atoms with van der Waals surface area (Å²) in [4.78, 5) is 1.41. The molecule has 0 aromatic heterocycles. The van der Waals surface area contributed by atoms with Crippen LogP contribution in [0.4, 0.5) is 0 Å². The van der Waals surface area contributed by atoms with Crippen molar-refractivity contribution in [1.82, 2.24) is 0 Å². The smallest absolute Gasteiger partial charge is 0.0641 e. The highest BCUT2D eigenvalue weighted by Crippen LogP contribution is 2.36. The molecule has 0 saturated carbocycles. The first kappa shape index (κ1) is 12.0. The Morgan fingerprint density at radius 2 is 2.19 bits per heavy atom. The van der Waals surface area contributed by atoms with Gasteiger partial charge in [0, 0.05) is 15.7 Å². The third-order valence-electron chi connectivity index (χ3n) is 2.49. The van der Waals surface area contributed by atoms with E-state index in [1.54, 1.807) is 0 Å². The van der Waals surface area contributed by atoms with E-state index in [0.717, 1.165) is 13.0 Å². The summed E-state index contributed by atoms with van der Waals surface area (Å²) in [6, 6.07) is 8.59. The van der Waals surface area contributed by atoms with E-state index in [-0.39, 0.29) is 5.54 Å². The number of thioether (sulfide) groups is 1. The van der Waals surface area contributed by atoms with Crippen LogP contribution in [0.2, 0.25) is 0 Å². The summed E-state index contributed by atoms with van der Waals surface area (Å²) >= 11 is 1.92. The molecule has 16 heavy (non-hydrogen) atoms. The molecule has 1 aliphatic rings. The highest BCUT2D eigenvalue weighted by molar-refractivity contribution is 8.00. The first-order chi connectivity index (χ1) is 7.54. The van der Waals surface area contributed by atoms with Gasteiger partial charge in [-0.25, -0.2) is 0 Å². The van der Waals surface area contributed by atoms with Crippen molar-refractivity contribution in [3.8, 4) is 0 Å². The quantitative estimate of drug-likeness (QED) is 0.873. The van der Waals surface area contributed by atoms with E-state index in [9.17, 15) is 0 Å². The molecular formula is C13H19NOS. The van der Waals surface area contributed by atoms with Crippen LogP contribution in [0.15, 0.2) is 29.2 Å². The molecule has 0 aliphatic carbocycles. The minimum absolute atomic E-state index is 0.226. The lowest BCUT2D eigenvalue weighted by Crippen LogP contribution is -2.38. The molecule has 0 spiro atoms. The van der Waals surface area contributed by atoms with Gasteiger partial charge in [-0.05, 0) is 31.9 Å². The Kier molecular flexibility index (Phi) is 3.57. The average Bonchev–Trinajstić information content (AvgIpc) is 2.57. The van der Waals surface area contributed by atoms with Crippen LogP contribution in [-0.2, 0) is 11.2 Å². The number of fused-ring (bicyclic) bond motifs is 1. The minimum Gasteiger partial charge on any atom is -0.378 e.